The third-order valence-corrected chi connectivity index (χ3v) is 7.47. The van der Waals surface area contributed by atoms with Gasteiger partial charge in [-0.05, 0) is 23.3 Å². The maximum atomic E-state index is 4.26. The summed E-state index contributed by atoms with van der Waals surface area (Å²) >= 11 is 0. The van der Waals surface area contributed by atoms with E-state index in [0.29, 0.717) is 0 Å². The Morgan fingerprint density at radius 1 is 0.541 bits per heavy atom. The standard InChI is InChI=1S/C35H26N2/c1-3-23-37-29-22-14-12-20-27(29)33-30(24-15-7-5-8-16-24)34-32(26-19-11-13-21-28(26)36(34)4-2)31(35(33)37)25-17-9-6-10-18-25/h3-22H,1-2,23H2. The molecule has 0 spiro atoms. The van der Waals surface area contributed by atoms with Crippen LogP contribution in [0.1, 0.15) is 0 Å². The van der Waals surface area contributed by atoms with Gasteiger partial charge in [0, 0.05) is 50.9 Å². The molecule has 0 aliphatic carbocycles. The molecule has 2 nitrogen and oxygen atoms in total. The summed E-state index contributed by atoms with van der Waals surface area (Å²) in [7, 11) is 0. The molecular weight excluding hydrogens is 448 g/mol. The van der Waals surface area contributed by atoms with Crippen molar-refractivity contribution in [1.82, 2.24) is 9.13 Å². The fourth-order valence-corrected chi connectivity index (χ4v) is 6.10. The van der Waals surface area contributed by atoms with Crippen molar-refractivity contribution in [3.63, 3.8) is 0 Å². The zero-order chi connectivity index (χ0) is 24.9. The molecule has 2 aromatic heterocycles. The van der Waals surface area contributed by atoms with E-state index in [1.165, 1.54) is 60.3 Å². The molecule has 0 fully saturated rings. The van der Waals surface area contributed by atoms with Crippen LogP contribution in [0.4, 0.5) is 0 Å². The van der Waals surface area contributed by atoms with Crippen molar-refractivity contribution in [2.24, 2.45) is 0 Å². The Morgan fingerprint density at radius 2 is 1.03 bits per heavy atom. The number of aromatic nitrogens is 2. The Labute approximate surface area is 216 Å². The first-order valence-corrected chi connectivity index (χ1v) is 12.7. The molecule has 5 aromatic carbocycles. The maximum Gasteiger partial charge on any atom is 0.0627 e. The smallest absolute Gasteiger partial charge is 0.0627 e. The van der Waals surface area contributed by atoms with Crippen LogP contribution in [0.25, 0.3) is 72.1 Å². The van der Waals surface area contributed by atoms with E-state index in [0.717, 1.165) is 12.1 Å². The number of hydrogen-bond acceptors (Lipinski definition) is 0. The normalized spacial score (nSPS) is 11.6. The Hall–Kier alpha value is -4.82. The second-order valence-corrected chi connectivity index (χ2v) is 9.42. The molecule has 0 atom stereocenters. The molecule has 0 unspecified atom stereocenters. The molecule has 0 bridgehead atoms. The molecule has 0 saturated carbocycles. The highest BCUT2D eigenvalue weighted by atomic mass is 15.0. The van der Waals surface area contributed by atoms with E-state index < -0.39 is 0 Å². The number of para-hydroxylation sites is 2. The molecule has 2 heteroatoms. The minimum Gasteiger partial charge on any atom is -0.336 e. The fourth-order valence-electron chi connectivity index (χ4n) is 6.10. The van der Waals surface area contributed by atoms with Crippen LogP contribution >= 0.6 is 0 Å². The average molecular weight is 475 g/mol. The summed E-state index contributed by atoms with van der Waals surface area (Å²) in [6, 6.07) is 39.0. The van der Waals surface area contributed by atoms with Crippen LogP contribution in [-0.4, -0.2) is 9.13 Å². The van der Waals surface area contributed by atoms with E-state index in [1.807, 2.05) is 12.3 Å². The summed E-state index contributed by atoms with van der Waals surface area (Å²) in [5.41, 5.74) is 9.70. The van der Waals surface area contributed by atoms with E-state index in [2.05, 4.69) is 131 Å². The highest BCUT2D eigenvalue weighted by Gasteiger charge is 2.26. The number of benzene rings is 5. The van der Waals surface area contributed by atoms with Gasteiger partial charge in [0.25, 0.3) is 0 Å². The molecule has 37 heavy (non-hydrogen) atoms. The molecule has 0 aliphatic rings. The van der Waals surface area contributed by atoms with E-state index in [1.54, 1.807) is 0 Å². The van der Waals surface area contributed by atoms with Gasteiger partial charge in [-0.2, -0.15) is 0 Å². The fraction of sp³-hybridized carbons (Fsp3) is 0.0286. The van der Waals surface area contributed by atoms with Gasteiger partial charge in [0.1, 0.15) is 0 Å². The van der Waals surface area contributed by atoms with Gasteiger partial charge in [-0.15, -0.1) is 6.58 Å². The van der Waals surface area contributed by atoms with Gasteiger partial charge < -0.3 is 9.13 Å². The Balaban J connectivity index is 1.91. The van der Waals surface area contributed by atoms with Gasteiger partial charge >= 0.3 is 0 Å². The van der Waals surface area contributed by atoms with E-state index >= 15 is 0 Å². The van der Waals surface area contributed by atoms with Crippen LogP contribution in [0.15, 0.2) is 128 Å². The van der Waals surface area contributed by atoms with Crippen molar-refractivity contribution in [2.45, 2.75) is 6.54 Å². The summed E-state index contributed by atoms with van der Waals surface area (Å²) in [5.74, 6) is 0. The molecule has 7 aromatic rings. The van der Waals surface area contributed by atoms with Gasteiger partial charge in [-0.3, -0.25) is 0 Å². The second-order valence-electron chi connectivity index (χ2n) is 9.42. The zero-order valence-corrected chi connectivity index (χ0v) is 20.6. The van der Waals surface area contributed by atoms with Crippen LogP contribution in [-0.2, 0) is 6.54 Å². The first kappa shape index (κ1) is 21.5. The van der Waals surface area contributed by atoms with Crippen molar-refractivity contribution in [3.8, 4) is 22.3 Å². The molecule has 0 amide bonds. The van der Waals surface area contributed by atoms with E-state index in [9.17, 15) is 0 Å². The summed E-state index contributed by atoms with van der Waals surface area (Å²) in [6.45, 7) is 9.11. The predicted molar refractivity (Wildman–Crippen MR) is 160 cm³/mol. The minimum absolute atomic E-state index is 0.726. The molecule has 2 heterocycles. The maximum absolute atomic E-state index is 4.26. The Kier molecular flexibility index (Phi) is 4.87. The molecule has 176 valence electrons. The van der Waals surface area contributed by atoms with Crippen LogP contribution in [0, 0.1) is 0 Å². The van der Waals surface area contributed by atoms with E-state index in [-0.39, 0.29) is 0 Å². The zero-order valence-electron chi connectivity index (χ0n) is 20.6. The van der Waals surface area contributed by atoms with Gasteiger partial charge in [-0.25, -0.2) is 0 Å². The molecule has 0 saturated heterocycles. The molecule has 0 N–H and O–H groups in total. The third-order valence-electron chi connectivity index (χ3n) is 7.47. The first-order valence-electron chi connectivity index (χ1n) is 12.7. The van der Waals surface area contributed by atoms with Crippen LogP contribution in [0.5, 0.6) is 0 Å². The lowest BCUT2D eigenvalue weighted by Crippen LogP contribution is -1.98. The number of fused-ring (bicyclic) bond motifs is 6. The third kappa shape index (κ3) is 2.99. The highest BCUT2D eigenvalue weighted by Crippen LogP contribution is 2.50. The van der Waals surface area contributed by atoms with Crippen molar-refractivity contribution < 1.29 is 0 Å². The van der Waals surface area contributed by atoms with Gasteiger partial charge in [-0.1, -0.05) is 110 Å². The van der Waals surface area contributed by atoms with Crippen molar-refractivity contribution in [1.29, 1.82) is 0 Å². The van der Waals surface area contributed by atoms with Crippen molar-refractivity contribution in [2.75, 3.05) is 0 Å². The van der Waals surface area contributed by atoms with Crippen LogP contribution in [0.2, 0.25) is 0 Å². The average Bonchev–Trinajstić information content (AvgIpc) is 3.46. The molecule has 0 aliphatic heterocycles. The first-order chi connectivity index (χ1) is 18.3. The quantitative estimate of drug-likeness (QED) is 0.220. The second kappa shape index (κ2) is 8.39. The number of rotatable bonds is 5. The lowest BCUT2D eigenvalue weighted by Gasteiger charge is -2.17. The number of allylic oxidation sites excluding steroid dienone is 1. The summed E-state index contributed by atoms with van der Waals surface area (Å²) in [5, 5.41) is 4.99. The lowest BCUT2D eigenvalue weighted by molar-refractivity contribution is 0.902. The minimum atomic E-state index is 0.726. The monoisotopic (exact) mass is 474 g/mol. The van der Waals surface area contributed by atoms with Crippen LogP contribution in [0.3, 0.4) is 0 Å². The number of hydrogen-bond donors (Lipinski definition) is 0. The SMILES string of the molecule is C=CCn1c2ccccc2c2c(-c3ccccc3)c3c(c(-c4ccccc4)c21)c1ccccc1n3C=C. The van der Waals surface area contributed by atoms with Gasteiger partial charge in [0.05, 0.1) is 16.6 Å². The van der Waals surface area contributed by atoms with Gasteiger partial charge in [0.15, 0.2) is 0 Å². The van der Waals surface area contributed by atoms with Crippen molar-refractivity contribution in [3.05, 3.63) is 128 Å². The van der Waals surface area contributed by atoms with Gasteiger partial charge in [0.2, 0.25) is 0 Å². The Bertz CT molecular complexity index is 1970. The number of nitrogens with zero attached hydrogens (tertiary/aromatic N) is 2. The summed E-state index contributed by atoms with van der Waals surface area (Å²) < 4.78 is 4.71. The highest BCUT2D eigenvalue weighted by molar-refractivity contribution is 6.32. The van der Waals surface area contributed by atoms with E-state index in [4.69, 9.17) is 0 Å². The Morgan fingerprint density at radius 3 is 1.62 bits per heavy atom. The van der Waals surface area contributed by atoms with Crippen LogP contribution < -0.4 is 0 Å². The molecular formula is C35H26N2. The van der Waals surface area contributed by atoms with Crippen molar-refractivity contribution >= 4 is 49.8 Å². The molecule has 7 rings (SSSR count). The lowest BCUT2D eigenvalue weighted by atomic mass is 9.90. The predicted octanol–water partition coefficient (Wildman–Crippen LogP) is 9.52. The molecule has 0 radical (unpaired) electrons. The topological polar surface area (TPSA) is 9.86 Å². The largest absolute Gasteiger partial charge is 0.336 e. The summed E-state index contributed by atoms with van der Waals surface area (Å²) in [6.07, 6.45) is 3.96. The summed E-state index contributed by atoms with van der Waals surface area (Å²) in [4.78, 5) is 0.